The quantitative estimate of drug-likeness (QED) is 0.146. The van der Waals surface area contributed by atoms with Crippen LogP contribution in [-0.2, 0) is 0 Å². The van der Waals surface area contributed by atoms with Gasteiger partial charge in [-0.1, -0.05) is 30.3 Å². The molecule has 39 heavy (non-hydrogen) atoms. The summed E-state index contributed by atoms with van der Waals surface area (Å²) in [5.41, 5.74) is 7.05. The second kappa shape index (κ2) is 11.5. The summed E-state index contributed by atoms with van der Waals surface area (Å²) in [5, 5.41) is 4.91. The van der Waals surface area contributed by atoms with E-state index in [4.69, 9.17) is 4.42 Å². The Hall–Kier alpha value is -3.79. The van der Waals surface area contributed by atoms with Gasteiger partial charge in [-0.2, -0.15) is 0 Å². The number of hydrogen-bond acceptors (Lipinski definition) is 3. The van der Waals surface area contributed by atoms with Crippen molar-refractivity contribution in [1.29, 1.82) is 0 Å². The lowest BCUT2D eigenvalue weighted by atomic mass is 9.89. The Bertz CT molecular complexity index is 1630. The third kappa shape index (κ3) is 4.78. The van der Waals surface area contributed by atoms with Crippen molar-refractivity contribution in [2.24, 2.45) is 0 Å². The van der Waals surface area contributed by atoms with E-state index in [2.05, 4.69) is 129 Å². The molecule has 2 aliphatic rings. The van der Waals surface area contributed by atoms with Gasteiger partial charge in [0.1, 0.15) is 24.4 Å². The maximum Gasteiger partial charge on any atom is 0.203 e. The highest BCUT2D eigenvalue weighted by Gasteiger charge is 2.21. The molecule has 1 aliphatic carbocycles. The molecule has 0 spiro atoms. The Balaban J connectivity index is 1.89. The Kier molecular flexibility index (Phi) is 7.92. The fraction of sp³-hybridized carbons (Fsp3) is 0.343. The fourth-order valence-corrected chi connectivity index (χ4v) is 6.07. The van der Waals surface area contributed by atoms with Crippen LogP contribution in [0.3, 0.4) is 0 Å². The SMILES string of the molecule is CCN(CC)c1ccc2c(-c3ccc(N(CC)CC)c4ccccc34)c3ccc(=[N+](CC)CC)cc-3oc2c1. The van der Waals surface area contributed by atoms with E-state index in [1.807, 2.05) is 0 Å². The van der Waals surface area contributed by atoms with Gasteiger partial charge in [0.15, 0.2) is 0 Å². The predicted molar refractivity (Wildman–Crippen MR) is 169 cm³/mol. The summed E-state index contributed by atoms with van der Waals surface area (Å²) >= 11 is 0. The molecule has 0 aromatic heterocycles. The van der Waals surface area contributed by atoms with E-state index in [1.165, 1.54) is 38.6 Å². The van der Waals surface area contributed by atoms with E-state index >= 15 is 0 Å². The van der Waals surface area contributed by atoms with Crippen LogP contribution >= 0.6 is 0 Å². The minimum absolute atomic E-state index is 0.926. The molecule has 0 unspecified atom stereocenters. The first-order chi connectivity index (χ1) is 19.1. The molecule has 4 heteroatoms. The third-order valence-electron chi connectivity index (χ3n) is 8.22. The van der Waals surface area contributed by atoms with Crippen LogP contribution in [0.5, 0.6) is 0 Å². The van der Waals surface area contributed by atoms with Crippen molar-refractivity contribution in [3.63, 3.8) is 0 Å². The molecule has 3 aromatic carbocycles. The molecule has 0 atom stereocenters. The molecule has 3 aromatic rings. The summed E-state index contributed by atoms with van der Waals surface area (Å²) in [5.74, 6) is 0.926. The smallest absolute Gasteiger partial charge is 0.203 e. The van der Waals surface area contributed by atoms with Crippen molar-refractivity contribution in [1.82, 2.24) is 4.58 Å². The van der Waals surface area contributed by atoms with Gasteiger partial charge in [0.2, 0.25) is 5.36 Å². The number of nitrogens with zero attached hydrogens (tertiary/aromatic N) is 3. The van der Waals surface area contributed by atoms with Gasteiger partial charge < -0.3 is 14.2 Å². The molecule has 0 bridgehead atoms. The number of benzene rings is 4. The van der Waals surface area contributed by atoms with Crippen molar-refractivity contribution >= 4 is 33.1 Å². The van der Waals surface area contributed by atoms with E-state index in [1.54, 1.807) is 0 Å². The largest absolute Gasteiger partial charge is 0.456 e. The highest BCUT2D eigenvalue weighted by molar-refractivity contribution is 6.12. The zero-order valence-corrected chi connectivity index (χ0v) is 24.4. The molecular formula is C35H42N3O+. The molecule has 0 radical (unpaired) electrons. The maximum atomic E-state index is 6.72. The van der Waals surface area contributed by atoms with Crippen molar-refractivity contribution in [3.8, 4) is 22.5 Å². The summed E-state index contributed by atoms with van der Waals surface area (Å²) in [6.45, 7) is 19.1. The molecular weight excluding hydrogens is 478 g/mol. The highest BCUT2D eigenvalue weighted by atomic mass is 16.3. The summed E-state index contributed by atoms with van der Waals surface area (Å²) in [6.07, 6.45) is 0. The van der Waals surface area contributed by atoms with Gasteiger partial charge in [0.05, 0.1) is 6.07 Å². The van der Waals surface area contributed by atoms with Crippen LogP contribution in [0.1, 0.15) is 41.5 Å². The van der Waals surface area contributed by atoms with Gasteiger partial charge in [-0.25, -0.2) is 4.58 Å². The van der Waals surface area contributed by atoms with Crippen molar-refractivity contribution < 1.29 is 4.42 Å². The maximum absolute atomic E-state index is 6.72. The number of fused-ring (bicyclic) bond motifs is 3. The Morgan fingerprint density at radius 1 is 0.615 bits per heavy atom. The topological polar surface area (TPSA) is 22.6 Å². The standard InChI is InChI=1S/C35H42N3O/c1-7-36(8-2)25-17-19-30-33(23-25)39-34-24-26(37(9-3)10-4)18-20-31(34)35(30)29-21-22-32(38(11-5)12-6)28-16-14-13-15-27(28)29/h13-24H,7-12H2,1-6H3/q+1. The lowest BCUT2D eigenvalue weighted by molar-refractivity contribution is 0.604. The van der Waals surface area contributed by atoms with E-state index in [0.717, 1.165) is 61.6 Å². The Morgan fingerprint density at radius 3 is 1.95 bits per heavy atom. The van der Waals surface area contributed by atoms with Crippen LogP contribution in [0.2, 0.25) is 0 Å². The average Bonchev–Trinajstić information content (AvgIpc) is 2.98. The summed E-state index contributed by atoms with van der Waals surface area (Å²) in [7, 11) is 0. The second-order valence-electron chi connectivity index (χ2n) is 10.0. The van der Waals surface area contributed by atoms with Crippen molar-refractivity contribution in [2.45, 2.75) is 41.5 Å². The molecule has 5 rings (SSSR count). The molecule has 1 aliphatic heterocycles. The average molecular weight is 521 g/mol. The summed E-state index contributed by atoms with van der Waals surface area (Å²) in [4.78, 5) is 4.81. The zero-order valence-electron chi connectivity index (χ0n) is 24.4. The zero-order chi connectivity index (χ0) is 27.5. The molecule has 0 fully saturated rings. The Labute approximate surface area is 233 Å². The molecule has 1 heterocycles. The summed E-state index contributed by atoms with van der Waals surface area (Å²) < 4.78 is 9.09. The first-order valence-corrected chi connectivity index (χ1v) is 14.7. The van der Waals surface area contributed by atoms with E-state index in [-0.39, 0.29) is 0 Å². The third-order valence-corrected chi connectivity index (χ3v) is 8.22. The van der Waals surface area contributed by atoms with Crippen LogP contribution in [0.15, 0.2) is 77.2 Å². The van der Waals surface area contributed by atoms with Gasteiger partial charge in [-0.05, 0) is 76.8 Å². The van der Waals surface area contributed by atoms with Gasteiger partial charge in [-0.3, -0.25) is 0 Å². The van der Waals surface area contributed by atoms with Gasteiger partial charge in [-0.15, -0.1) is 0 Å². The normalized spacial score (nSPS) is 11.4. The van der Waals surface area contributed by atoms with Crippen LogP contribution < -0.4 is 19.7 Å². The Morgan fingerprint density at radius 2 is 1.28 bits per heavy atom. The molecule has 4 nitrogen and oxygen atoms in total. The minimum atomic E-state index is 0.926. The predicted octanol–water partition coefficient (Wildman–Crippen LogP) is 7.86. The fourth-order valence-electron chi connectivity index (χ4n) is 6.07. The van der Waals surface area contributed by atoms with Crippen LogP contribution in [-0.4, -0.2) is 39.3 Å². The van der Waals surface area contributed by atoms with Crippen molar-refractivity contribution in [2.75, 3.05) is 49.1 Å². The number of rotatable bonds is 9. The molecule has 0 saturated heterocycles. The van der Waals surface area contributed by atoms with Crippen LogP contribution in [0.25, 0.3) is 44.2 Å². The van der Waals surface area contributed by atoms with E-state index in [0.29, 0.717) is 0 Å². The van der Waals surface area contributed by atoms with Gasteiger partial charge in [0.25, 0.3) is 0 Å². The van der Waals surface area contributed by atoms with Crippen molar-refractivity contribution in [3.05, 3.63) is 78.2 Å². The van der Waals surface area contributed by atoms with Gasteiger partial charge in [0, 0.05) is 71.6 Å². The van der Waals surface area contributed by atoms with Crippen LogP contribution in [0, 0.1) is 0 Å². The lowest BCUT2D eigenvalue weighted by Gasteiger charge is -2.25. The van der Waals surface area contributed by atoms with Gasteiger partial charge >= 0.3 is 0 Å². The van der Waals surface area contributed by atoms with Crippen LogP contribution in [0.4, 0.5) is 11.4 Å². The summed E-state index contributed by atoms with van der Waals surface area (Å²) in [6, 6.07) is 26.9. The molecule has 0 amide bonds. The minimum Gasteiger partial charge on any atom is -0.456 e. The van der Waals surface area contributed by atoms with E-state index in [9.17, 15) is 0 Å². The molecule has 202 valence electrons. The number of anilines is 2. The van der Waals surface area contributed by atoms with E-state index < -0.39 is 0 Å². The number of hydrogen-bond donors (Lipinski definition) is 0. The molecule has 0 N–H and O–H groups in total. The first-order valence-electron chi connectivity index (χ1n) is 14.7. The molecule has 0 saturated carbocycles. The highest BCUT2D eigenvalue weighted by Crippen LogP contribution is 2.44. The monoisotopic (exact) mass is 520 g/mol. The lowest BCUT2D eigenvalue weighted by Crippen LogP contribution is -2.29. The second-order valence-corrected chi connectivity index (χ2v) is 10.0. The first kappa shape index (κ1) is 26.8.